The van der Waals surface area contributed by atoms with E-state index < -0.39 is 17.7 Å². The number of anilines is 1. The first-order chi connectivity index (χ1) is 13.3. The predicted molar refractivity (Wildman–Crippen MR) is 108 cm³/mol. The van der Waals surface area contributed by atoms with Gasteiger partial charge in [-0.1, -0.05) is 38.3 Å². The number of nitrogens with one attached hydrogen (secondary N) is 1. The summed E-state index contributed by atoms with van der Waals surface area (Å²) >= 11 is 5.88. The van der Waals surface area contributed by atoms with Gasteiger partial charge in [-0.3, -0.25) is 9.13 Å². The summed E-state index contributed by atoms with van der Waals surface area (Å²) < 4.78 is 7.66. The van der Waals surface area contributed by atoms with Crippen molar-refractivity contribution >= 4 is 23.3 Å². The molecule has 0 fully saturated rings. The molecule has 0 aliphatic heterocycles. The van der Waals surface area contributed by atoms with Gasteiger partial charge in [-0.05, 0) is 36.6 Å². The van der Waals surface area contributed by atoms with Crippen LogP contribution in [0.3, 0.4) is 0 Å². The molecule has 2 N–H and O–H groups in total. The van der Waals surface area contributed by atoms with Gasteiger partial charge in [0.15, 0.2) is 6.73 Å². The standard InChI is InChI=1S/C20H24ClN3O4/c1-5-11-23-18(25)16(6-2)24(20(23)27)12-28-19(26)17(13(3)4)22-15-9-7-14(21)8-10-15/h1,7-10,13,17,22,25H,6,11-12H2,2-4H3. The molecule has 2 aromatic rings. The van der Waals surface area contributed by atoms with Gasteiger partial charge in [0.1, 0.15) is 6.04 Å². The maximum Gasteiger partial charge on any atom is 0.334 e. The summed E-state index contributed by atoms with van der Waals surface area (Å²) in [6.45, 7) is 5.18. The van der Waals surface area contributed by atoms with Crippen LogP contribution >= 0.6 is 11.6 Å². The van der Waals surface area contributed by atoms with Gasteiger partial charge in [0, 0.05) is 10.7 Å². The van der Waals surface area contributed by atoms with Crippen LogP contribution in [0.15, 0.2) is 29.1 Å². The topological polar surface area (TPSA) is 85.5 Å². The Hall–Kier alpha value is -2.85. The normalized spacial score (nSPS) is 11.9. The fourth-order valence-electron chi connectivity index (χ4n) is 2.79. The van der Waals surface area contributed by atoms with Crippen LogP contribution in [0.5, 0.6) is 5.88 Å². The van der Waals surface area contributed by atoms with Crippen LogP contribution in [0.2, 0.25) is 5.02 Å². The molecule has 28 heavy (non-hydrogen) atoms. The highest BCUT2D eigenvalue weighted by atomic mass is 35.5. The molecule has 2 rings (SSSR count). The molecule has 0 saturated carbocycles. The van der Waals surface area contributed by atoms with Gasteiger partial charge in [0.2, 0.25) is 5.88 Å². The summed E-state index contributed by atoms with van der Waals surface area (Å²) in [7, 11) is 0. The molecular formula is C20H24ClN3O4. The van der Waals surface area contributed by atoms with Gasteiger partial charge < -0.3 is 15.2 Å². The summed E-state index contributed by atoms with van der Waals surface area (Å²) in [5.74, 6) is 1.54. The van der Waals surface area contributed by atoms with Crippen molar-refractivity contribution in [3.8, 4) is 18.2 Å². The molecular weight excluding hydrogens is 382 g/mol. The molecule has 0 spiro atoms. The number of hydrogen-bond acceptors (Lipinski definition) is 5. The van der Waals surface area contributed by atoms with Gasteiger partial charge in [-0.25, -0.2) is 9.59 Å². The number of hydrogen-bond donors (Lipinski definition) is 2. The van der Waals surface area contributed by atoms with Crippen molar-refractivity contribution < 1.29 is 14.6 Å². The third-order valence-corrected chi connectivity index (χ3v) is 4.56. The highest BCUT2D eigenvalue weighted by Crippen LogP contribution is 2.19. The summed E-state index contributed by atoms with van der Waals surface area (Å²) in [5, 5.41) is 13.9. The summed E-state index contributed by atoms with van der Waals surface area (Å²) in [4.78, 5) is 25.1. The van der Waals surface area contributed by atoms with Crippen molar-refractivity contribution in [1.82, 2.24) is 9.13 Å². The second-order valence-electron chi connectivity index (χ2n) is 6.59. The lowest BCUT2D eigenvalue weighted by atomic mass is 10.0. The molecule has 0 bridgehead atoms. The second kappa shape index (κ2) is 9.38. The van der Waals surface area contributed by atoms with Crippen molar-refractivity contribution in [2.75, 3.05) is 5.32 Å². The molecule has 8 heteroatoms. The predicted octanol–water partition coefficient (Wildman–Crippen LogP) is 2.84. The number of halogens is 1. The van der Waals surface area contributed by atoms with Crippen LogP contribution in [-0.2, 0) is 29.2 Å². The van der Waals surface area contributed by atoms with Gasteiger partial charge in [-0.15, -0.1) is 6.42 Å². The zero-order valence-corrected chi connectivity index (χ0v) is 16.9. The third-order valence-electron chi connectivity index (χ3n) is 4.31. The lowest BCUT2D eigenvalue weighted by molar-refractivity contribution is -0.149. The molecule has 0 saturated heterocycles. The van der Waals surface area contributed by atoms with Gasteiger partial charge in [0.05, 0.1) is 12.2 Å². The fourth-order valence-corrected chi connectivity index (χ4v) is 2.91. The van der Waals surface area contributed by atoms with Crippen LogP contribution in [0.4, 0.5) is 5.69 Å². The van der Waals surface area contributed by atoms with Crippen molar-refractivity contribution in [1.29, 1.82) is 0 Å². The maximum atomic E-state index is 12.6. The molecule has 0 radical (unpaired) electrons. The Labute approximate surface area is 168 Å². The zero-order valence-electron chi connectivity index (χ0n) is 16.1. The molecule has 0 aliphatic rings. The molecule has 0 aliphatic carbocycles. The first kappa shape index (κ1) is 21.5. The zero-order chi connectivity index (χ0) is 20.8. The van der Waals surface area contributed by atoms with E-state index >= 15 is 0 Å². The number of imidazole rings is 1. The van der Waals surface area contributed by atoms with Crippen LogP contribution in [0.1, 0.15) is 26.5 Å². The second-order valence-corrected chi connectivity index (χ2v) is 7.03. The fraction of sp³-hybridized carbons (Fsp3) is 0.400. The first-order valence-corrected chi connectivity index (χ1v) is 9.31. The van der Waals surface area contributed by atoms with E-state index in [1.807, 2.05) is 13.8 Å². The number of rotatable bonds is 8. The van der Waals surface area contributed by atoms with Crippen molar-refractivity contribution in [3.05, 3.63) is 45.5 Å². The Morgan fingerprint density at radius 2 is 1.96 bits per heavy atom. The summed E-state index contributed by atoms with van der Waals surface area (Å²) in [6.07, 6.45) is 5.63. The highest BCUT2D eigenvalue weighted by molar-refractivity contribution is 6.30. The number of aromatic nitrogens is 2. The minimum atomic E-state index is -0.622. The average Bonchev–Trinajstić information content (AvgIpc) is 2.89. The highest BCUT2D eigenvalue weighted by Gasteiger charge is 2.25. The molecule has 1 unspecified atom stereocenters. The molecule has 7 nitrogen and oxygen atoms in total. The lowest BCUT2D eigenvalue weighted by Gasteiger charge is -2.22. The quantitative estimate of drug-likeness (QED) is 0.521. The van der Waals surface area contributed by atoms with E-state index in [4.69, 9.17) is 22.8 Å². The Morgan fingerprint density at radius 1 is 1.32 bits per heavy atom. The van der Waals surface area contributed by atoms with Crippen LogP contribution in [0, 0.1) is 18.3 Å². The van der Waals surface area contributed by atoms with Gasteiger partial charge in [-0.2, -0.15) is 0 Å². The Kier molecular flexibility index (Phi) is 7.18. The number of carbonyl (C=O) groups excluding carboxylic acids is 1. The Morgan fingerprint density at radius 3 is 2.50 bits per heavy atom. The summed E-state index contributed by atoms with van der Waals surface area (Å²) in [6, 6.07) is 6.35. The van der Waals surface area contributed by atoms with E-state index in [1.165, 1.54) is 4.57 Å². The minimum absolute atomic E-state index is 0.0641. The number of esters is 1. The molecule has 1 aromatic heterocycles. The minimum Gasteiger partial charge on any atom is -0.493 e. The Balaban J connectivity index is 2.17. The van der Waals surface area contributed by atoms with E-state index in [0.29, 0.717) is 17.1 Å². The molecule has 150 valence electrons. The first-order valence-electron chi connectivity index (χ1n) is 8.93. The average molecular weight is 406 g/mol. The molecule has 0 amide bonds. The molecule has 1 atom stereocenters. The van der Waals surface area contributed by atoms with E-state index in [2.05, 4.69) is 11.2 Å². The van der Waals surface area contributed by atoms with Gasteiger partial charge >= 0.3 is 11.7 Å². The van der Waals surface area contributed by atoms with Crippen molar-refractivity contribution in [2.45, 2.75) is 46.5 Å². The summed E-state index contributed by atoms with van der Waals surface area (Å²) in [5.41, 5.74) is 0.566. The van der Waals surface area contributed by atoms with Crippen molar-refractivity contribution in [2.24, 2.45) is 5.92 Å². The number of carbonyl (C=O) groups is 1. The van der Waals surface area contributed by atoms with Crippen LogP contribution in [-0.4, -0.2) is 26.3 Å². The van der Waals surface area contributed by atoms with E-state index in [1.54, 1.807) is 31.2 Å². The number of benzene rings is 1. The smallest absolute Gasteiger partial charge is 0.334 e. The largest absolute Gasteiger partial charge is 0.493 e. The van der Waals surface area contributed by atoms with Gasteiger partial charge in [0.25, 0.3) is 0 Å². The SMILES string of the molecule is C#CCn1c(O)c(CC)n(COC(=O)C(Nc2ccc(Cl)cc2)C(C)C)c1=O. The third kappa shape index (κ3) is 4.70. The number of nitrogens with zero attached hydrogens (tertiary/aromatic N) is 2. The lowest BCUT2D eigenvalue weighted by Crippen LogP contribution is -2.37. The number of ether oxygens (including phenoxy) is 1. The molecule has 1 heterocycles. The maximum absolute atomic E-state index is 12.6. The van der Waals surface area contributed by atoms with Crippen molar-refractivity contribution in [3.63, 3.8) is 0 Å². The Bertz CT molecular complexity index is 923. The van der Waals surface area contributed by atoms with E-state index in [-0.39, 0.29) is 25.1 Å². The number of aromatic hydroxyl groups is 1. The van der Waals surface area contributed by atoms with E-state index in [0.717, 1.165) is 10.3 Å². The van der Waals surface area contributed by atoms with Crippen LogP contribution < -0.4 is 11.0 Å². The van der Waals surface area contributed by atoms with E-state index in [9.17, 15) is 14.7 Å². The van der Waals surface area contributed by atoms with Crippen LogP contribution in [0.25, 0.3) is 0 Å². The number of terminal acetylenes is 1. The monoisotopic (exact) mass is 405 g/mol. The molecule has 1 aromatic carbocycles.